The van der Waals surface area contributed by atoms with Gasteiger partial charge in [-0.3, -0.25) is 10.1 Å². The highest BCUT2D eigenvalue weighted by atomic mass is 35.5. The molecule has 15 heavy (non-hydrogen) atoms. The number of aliphatic hydroxyl groups is 1. The summed E-state index contributed by atoms with van der Waals surface area (Å²) in [6.07, 6.45) is 1.59. The standard InChI is InChI=1S/C8H8ClNO5/c1-15-7(12)8(10(13)14)3-2-6(11)5(9)4-8/h2-3,11H,4H2,1H3. The summed E-state index contributed by atoms with van der Waals surface area (Å²) >= 11 is 5.56. The van der Waals surface area contributed by atoms with Crippen molar-refractivity contribution in [1.82, 2.24) is 0 Å². The first-order valence-electron chi connectivity index (χ1n) is 3.94. The number of aliphatic hydroxyl groups excluding tert-OH is 1. The maximum Gasteiger partial charge on any atom is 0.389 e. The highest BCUT2D eigenvalue weighted by Gasteiger charge is 2.52. The Labute approximate surface area is 89.9 Å². The van der Waals surface area contributed by atoms with Crippen molar-refractivity contribution in [3.63, 3.8) is 0 Å². The predicted molar refractivity (Wildman–Crippen MR) is 51.0 cm³/mol. The molecule has 0 aliphatic heterocycles. The zero-order valence-corrected chi connectivity index (χ0v) is 8.52. The van der Waals surface area contributed by atoms with Gasteiger partial charge in [0, 0.05) is 11.0 Å². The summed E-state index contributed by atoms with van der Waals surface area (Å²) in [6.45, 7) is 0. The van der Waals surface area contributed by atoms with Crippen LogP contribution in [0.1, 0.15) is 6.42 Å². The van der Waals surface area contributed by atoms with Crippen molar-refractivity contribution < 1.29 is 19.6 Å². The number of nitro groups is 1. The second-order valence-corrected chi connectivity index (χ2v) is 3.43. The highest BCUT2D eigenvalue weighted by molar-refractivity contribution is 6.30. The quantitative estimate of drug-likeness (QED) is 0.439. The van der Waals surface area contributed by atoms with Crippen molar-refractivity contribution in [2.24, 2.45) is 0 Å². The van der Waals surface area contributed by atoms with Crippen LogP contribution in [0.3, 0.4) is 0 Å². The Bertz CT molecular complexity index is 375. The smallest absolute Gasteiger partial charge is 0.389 e. The van der Waals surface area contributed by atoms with Crippen LogP contribution in [0.2, 0.25) is 0 Å². The van der Waals surface area contributed by atoms with Crippen molar-refractivity contribution in [2.45, 2.75) is 12.0 Å². The number of ether oxygens (including phenoxy) is 1. The molecule has 1 atom stereocenters. The van der Waals surface area contributed by atoms with Crippen molar-refractivity contribution in [3.05, 3.63) is 33.1 Å². The minimum atomic E-state index is -2.03. The van der Waals surface area contributed by atoms with Gasteiger partial charge in [0.05, 0.1) is 18.6 Å². The Morgan fingerprint density at radius 1 is 1.80 bits per heavy atom. The molecule has 0 aromatic heterocycles. The molecule has 0 aromatic rings. The Hall–Kier alpha value is -1.56. The van der Waals surface area contributed by atoms with Crippen LogP contribution in [0.5, 0.6) is 0 Å². The van der Waals surface area contributed by atoms with E-state index in [1.54, 1.807) is 0 Å². The molecule has 0 radical (unpaired) electrons. The molecule has 0 heterocycles. The summed E-state index contributed by atoms with van der Waals surface area (Å²) in [5.41, 5.74) is -2.03. The van der Waals surface area contributed by atoms with Crippen LogP contribution in [-0.2, 0) is 9.53 Å². The van der Waals surface area contributed by atoms with E-state index in [1.807, 2.05) is 0 Å². The molecule has 1 aliphatic rings. The molecular formula is C8H8ClNO5. The molecule has 0 amide bonds. The number of hydrogen-bond acceptors (Lipinski definition) is 5. The molecule has 0 aromatic carbocycles. The lowest BCUT2D eigenvalue weighted by atomic mass is 9.91. The Balaban J connectivity index is 3.15. The molecule has 0 fully saturated rings. The number of nitrogens with zero attached hydrogens (tertiary/aromatic N) is 1. The molecule has 7 heteroatoms. The lowest BCUT2D eigenvalue weighted by Gasteiger charge is -2.21. The minimum Gasteiger partial charge on any atom is -0.507 e. The van der Waals surface area contributed by atoms with Gasteiger partial charge >= 0.3 is 11.5 Å². The van der Waals surface area contributed by atoms with Crippen LogP contribution in [0.4, 0.5) is 0 Å². The number of hydrogen-bond donors (Lipinski definition) is 1. The number of carbonyl (C=O) groups is 1. The van der Waals surface area contributed by atoms with Crippen LogP contribution in [0.15, 0.2) is 22.9 Å². The van der Waals surface area contributed by atoms with Gasteiger partial charge in [-0.1, -0.05) is 11.6 Å². The monoisotopic (exact) mass is 233 g/mol. The third-order valence-electron chi connectivity index (χ3n) is 2.08. The van der Waals surface area contributed by atoms with E-state index in [0.29, 0.717) is 0 Å². The fraction of sp³-hybridized carbons (Fsp3) is 0.375. The molecule has 1 rings (SSSR count). The molecule has 1 aliphatic carbocycles. The molecule has 0 saturated heterocycles. The van der Waals surface area contributed by atoms with Gasteiger partial charge in [0.1, 0.15) is 5.76 Å². The van der Waals surface area contributed by atoms with Gasteiger partial charge in [0.25, 0.3) is 0 Å². The van der Waals surface area contributed by atoms with Crippen LogP contribution in [-0.4, -0.2) is 28.6 Å². The predicted octanol–water partition coefficient (Wildman–Crippen LogP) is 1.14. The van der Waals surface area contributed by atoms with E-state index >= 15 is 0 Å². The van der Waals surface area contributed by atoms with Crippen LogP contribution in [0.25, 0.3) is 0 Å². The van der Waals surface area contributed by atoms with Crippen molar-refractivity contribution in [1.29, 1.82) is 0 Å². The average molecular weight is 234 g/mol. The van der Waals surface area contributed by atoms with Crippen molar-refractivity contribution in [3.8, 4) is 0 Å². The molecular weight excluding hydrogens is 226 g/mol. The number of halogens is 1. The summed E-state index contributed by atoms with van der Waals surface area (Å²) in [5, 5.41) is 19.8. The lowest BCUT2D eigenvalue weighted by Crippen LogP contribution is -2.46. The van der Waals surface area contributed by atoms with E-state index in [4.69, 9.17) is 16.7 Å². The third kappa shape index (κ3) is 1.80. The van der Waals surface area contributed by atoms with E-state index in [9.17, 15) is 14.9 Å². The van der Waals surface area contributed by atoms with Gasteiger partial charge in [-0.25, -0.2) is 4.79 Å². The van der Waals surface area contributed by atoms with Crippen LogP contribution in [0, 0.1) is 10.1 Å². The fourth-order valence-electron chi connectivity index (χ4n) is 1.21. The zero-order valence-electron chi connectivity index (χ0n) is 7.77. The van der Waals surface area contributed by atoms with Gasteiger partial charge in [-0.15, -0.1) is 0 Å². The molecule has 82 valence electrons. The average Bonchev–Trinajstić information content (AvgIpc) is 2.20. The second-order valence-electron chi connectivity index (χ2n) is 2.97. The molecule has 1 N–H and O–H groups in total. The normalized spacial score (nSPS) is 25.2. The summed E-state index contributed by atoms with van der Waals surface area (Å²) in [5.74, 6) is -1.30. The maximum atomic E-state index is 11.3. The summed E-state index contributed by atoms with van der Waals surface area (Å²) in [6, 6.07) is 0. The molecule has 0 spiro atoms. The van der Waals surface area contributed by atoms with Gasteiger partial charge in [-0.2, -0.15) is 0 Å². The first-order chi connectivity index (χ1) is 6.94. The Morgan fingerprint density at radius 2 is 2.40 bits per heavy atom. The van der Waals surface area contributed by atoms with Crippen molar-refractivity contribution in [2.75, 3.05) is 7.11 Å². The highest BCUT2D eigenvalue weighted by Crippen LogP contribution is 2.31. The van der Waals surface area contributed by atoms with Gasteiger partial charge in [-0.05, 0) is 6.08 Å². The van der Waals surface area contributed by atoms with E-state index in [1.165, 1.54) is 0 Å². The molecule has 0 saturated carbocycles. The molecule has 6 nitrogen and oxygen atoms in total. The molecule has 0 bridgehead atoms. The van der Waals surface area contributed by atoms with Gasteiger partial charge < -0.3 is 9.84 Å². The largest absolute Gasteiger partial charge is 0.507 e. The van der Waals surface area contributed by atoms with Crippen LogP contribution >= 0.6 is 11.6 Å². The number of carbonyl (C=O) groups excluding carboxylic acids is 1. The fourth-order valence-corrected chi connectivity index (χ4v) is 1.48. The molecule has 1 unspecified atom stereocenters. The first kappa shape index (κ1) is 11.5. The second kappa shape index (κ2) is 3.90. The van der Waals surface area contributed by atoms with Crippen LogP contribution < -0.4 is 0 Å². The third-order valence-corrected chi connectivity index (χ3v) is 2.41. The summed E-state index contributed by atoms with van der Waals surface area (Å²) < 4.78 is 4.34. The summed E-state index contributed by atoms with van der Waals surface area (Å²) in [7, 11) is 1.05. The maximum absolute atomic E-state index is 11.3. The van der Waals surface area contributed by atoms with E-state index in [0.717, 1.165) is 19.3 Å². The Morgan fingerprint density at radius 3 is 2.80 bits per heavy atom. The van der Waals surface area contributed by atoms with E-state index in [2.05, 4.69) is 4.74 Å². The number of methoxy groups -OCH3 is 1. The van der Waals surface area contributed by atoms with E-state index < -0.39 is 22.9 Å². The number of rotatable bonds is 2. The topological polar surface area (TPSA) is 89.7 Å². The first-order valence-corrected chi connectivity index (χ1v) is 4.31. The van der Waals surface area contributed by atoms with Gasteiger partial charge in [0.2, 0.25) is 0 Å². The lowest BCUT2D eigenvalue weighted by molar-refractivity contribution is -0.540. The van der Waals surface area contributed by atoms with Crippen molar-refractivity contribution >= 4 is 17.6 Å². The SMILES string of the molecule is COC(=O)C1([N+](=O)[O-])C=CC(O)=C(Cl)C1. The summed E-state index contributed by atoms with van der Waals surface area (Å²) in [4.78, 5) is 21.3. The Kier molecular flexibility index (Phi) is 2.99. The number of esters is 1. The van der Waals surface area contributed by atoms with Gasteiger partial charge in [0.15, 0.2) is 0 Å². The minimum absolute atomic E-state index is 0.139. The number of allylic oxidation sites excluding steroid dienone is 1. The van der Waals surface area contributed by atoms with E-state index in [-0.39, 0.29) is 10.8 Å². The zero-order chi connectivity index (χ0) is 11.6.